The average Bonchev–Trinajstić information content (AvgIpc) is 2.67. The van der Waals surface area contributed by atoms with Crippen molar-refractivity contribution < 1.29 is 9.59 Å². The molecule has 2 rings (SSSR count). The molecular formula is C13H19BrN4O2. The van der Waals surface area contributed by atoms with Gasteiger partial charge in [-0.1, -0.05) is 0 Å². The van der Waals surface area contributed by atoms with Crippen LogP contribution >= 0.6 is 15.9 Å². The monoisotopic (exact) mass is 342 g/mol. The Morgan fingerprint density at radius 2 is 2.05 bits per heavy atom. The molecule has 2 heterocycles. The Labute approximate surface area is 126 Å². The molecule has 0 unspecified atom stereocenters. The Morgan fingerprint density at radius 3 is 2.65 bits per heavy atom. The van der Waals surface area contributed by atoms with E-state index in [9.17, 15) is 9.59 Å². The molecule has 1 aromatic heterocycles. The molecule has 0 atom stereocenters. The highest BCUT2D eigenvalue weighted by molar-refractivity contribution is 9.10. The van der Waals surface area contributed by atoms with Crippen LogP contribution in [0.1, 0.15) is 32.2 Å². The summed E-state index contributed by atoms with van der Waals surface area (Å²) in [5.74, 6) is -0.412. The summed E-state index contributed by atoms with van der Waals surface area (Å²) >= 11 is 3.49. The number of piperazine rings is 1. The van der Waals surface area contributed by atoms with Gasteiger partial charge in [-0.25, -0.2) is 0 Å². The minimum atomic E-state index is -0.716. The van der Waals surface area contributed by atoms with Crippen LogP contribution in [0.2, 0.25) is 0 Å². The molecule has 1 aromatic rings. The molecule has 1 saturated heterocycles. The summed E-state index contributed by atoms with van der Waals surface area (Å²) in [6, 6.07) is 0. The average molecular weight is 343 g/mol. The van der Waals surface area contributed by atoms with Gasteiger partial charge in [0.2, 0.25) is 11.8 Å². The maximum Gasteiger partial charge on any atom is 0.249 e. The molecule has 0 spiro atoms. The molecule has 1 N–H and O–H groups in total. The molecule has 6 nitrogen and oxygen atoms in total. The van der Waals surface area contributed by atoms with Gasteiger partial charge < -0.3 is 0 Å². The Kier molecular flexibility index (Phi) is 4.02. The molecule has 0 radical (unpaired) electrons. The van der Waals surface area contributed by atoms with Crippen LogP contribution in [0.4, 0.5) is 0 Å². The summed E-state index contributed by atoms with van der Waals surface area (Å²) in [5, 5.41) is 7.33. The molecule has 0 bridgehead atoms. The first-order chi connectivity index (χ1) is 9.27. The van der Waals surface area contributed by atoms with Crippen molar-refractivity contribution >= 4 is 27.7 Å². The van der Waals surface area contributed by atoms with E-state index in [2.05, 4.69) is 26.3 Å². The maximum atomic E-state index is 12.4. The van der Waals surface area contributed by atoms with E-state index in [1.165, 1.54) is 4.90 Å². The predicted molar refractivity (Wildman–Crippen MR) is 78.0 cm³/mol. The van der Waals surface area contributed by atoms with E-state index >= 15 is 0 Å². The van der Waals surface area contributed by atoms with Crippen LogP contribution in [0.15, 0.2) is 4.47 Å². The van der Waals surface area contributed by atoms with Gasteiger partial charge >= 0.3 is 0 Å². The summed E-state index contributed by atoms with van der Waals surface area (Å²) in [7, 11) is 0. The second kappa shape index (κ2) is 5.29. The fraction of sp³-hybridized carbons (Fsp3) is 0.615. The number of aromatic nitrogens is 2. The number of imide groups is 1. The van der Waals surface area contributed by atoms with Gasteiger partial charge in [-0.2, -0.15) is 5.10 Å². The number of amides is 2. The summed E-state index contributed by atoms with van der Waals surface area (Å²) < 4.78 is 2.67. The summed E-state index contributed by atoms with van der Waals surface area (Å²) in [4.78, 5) is 25.7. The quantitative estimate of drug-likeness (QED) is 0.838. The summed E-state index contributed by atoms with van der Waals surface area (Å²) in [6.07, 6.45) is 0. The molecule has 20 heavy (non-hydrogen) atoms. The van der Waals surface area contributed by atoms with E-state index in [1.807, 2.05) is 18.5 Å². The maximum absolute atomic E-state index is 12.4. The van der Waals surface area contributed by atoms with Crippen LogP contribution in [-0.4, -0.2) is 38.6 Å². The fourth-order valence-corrected chi connectivity index (χ4v) is 2.66. The van der Waals surface area contributed by atoms with Crippen LogP contribution in [0, 0.1) is 6.92 Å². The summed E-state index contributed by atoms with van der Waals surface area (Å²) in [5.41, 5.74) is 0.993. The van der Waals surface area contributed by atoms with Crippen molar-refractivity contribution in [1.82, 2.24) is 20.0 Å². The molecular weight excluding hydrogens is 324 g/mol. The number of rotatable bonds is 3. The van der Waals surface area contributed by atoms with Gasteiger partial charge in [0.1, 0.15) is 0 Å². The van der Waals surface area contributed by atoms with E-state index in [0.29, 0.717) is 6.54 Å². The van der Waals surface area contributed by atoms with Crippen molar-refractivity contribution in [3.05, 3.63) is 15.9 Å². The SMILES string of the molecule is CCn1nc(C)c(Br)c1CN1C(=O)CNC(C)(C)C1=O. The van der Waals surface area contributed by atoms with Crippen LogP contribution < -0.4 is 5.32 Å². The van der Waals surface area contributed by atoms with Gasteiger partial charge in [0.25, 0.3) is 0 Å². The molecule has 0 aromatic carbocycles. The fourth-order valence-electron chi connectivity index (χ4n) is 2.25. The highest BCUT2D eigenvalue weighted by Gasteiger charge is 2.40. The van der Waals surface area contributed by atoms with Crippen molar-refractivity contribution in [2.75, 3.05) is 6.54 Å². The van der Waals surface area contributed by atoms with Crippen molar-refractivity contribution in [1.29, 1.82) is 0 Å². The molecule has 2 amide bonds. The first-order valence-electron chi connectivity index (χ1n) is 6.59. The van der Waals surface area contributed by atoms with Crippen LogP contribution in [0.5, 0.6) is 0 Å². The minimum absolute atomic E-state index is 0.176. The third-order valence-corrected chi connectivity index (χ3v) is 4.55. The van der Waals surface area contributed by atoms with E-state index < -0.39 is 5.54 Å². The Hall–Kier alpha value is -1.21. The van der Waals surface area contributed by atoms with Crippen molar-refractivity contribution in [2.24, 2.45) is 0 Å². The first-order valence-corrected chi connectivity index (χ1v) is 7.38. The lowest BCUT2D eigenvalue weighted by Gasteiger charge is -2.36. The van der Waals surface area contributed by atoms with E-state index in [1.54, 1.807) is 13.8 Å². The van der Waals surface area contributed by atoms with Gasteiger partial charge in [-0.05, 0) is 43.6 Å². The van der Waals surface area contributed by atoms with E-state index in [0.717, 1.165) is 15.9 Å². The number of hydrogen-bond acceptors (Lipinski definition) is 4. The largest absolute Gasteiger partial charge is 0.295 e. The Morgan fingerprint density at radius 1 is 1.40 bits per heavy atom. The lowest BCUT2D eigenvalue weighted by molar-refractivity contribution is -0.153. The zero-order valence-electron chi connectivity index (χ0n) is 12.2. The predicted octanol–water partition coefficient (Wildman–Crippen LogP) is 1.21. The van der Waals surface area contributed by atoms with Crippen molar-refractivity contribution in [2.45, 2.75) is 46.3 Å². The smallest absolute Gasteiger partial charge is 0.249 e. The molecule has 7 heteroatoms. The van der Waals surface area contributed by atoms with Gasteiger partial charge in [0.15, 0.2) is 0 Å². The van der Waals surface area contributed by atoms with Gasteiger partial charge in [0.05, 0.1) is 34.5 Å². The second-order valence-corrected chi connectivity index (χ2v) is 6.22. The first kappa shape index (κ1) is 15.2. The highest BCUT2D eigenvalue weighted by Crippen LogP contribution is 2.24. The number of aryl methyl sites for hydroxylation is 2. The normalized spacial score (nSPS) is 18.8. The van der Waals surface area contributed by atoms with E-state index in [-0.39, 0.29) is 24.9 Å². The number of nitrogens with zero attached hydrogens (tertiary/aromatic N) is 3. The minimum Gasteiger partial charge on any atom is -0.295 e. The van der Waals surface area contributed by atoms with Crippen LogP contribution in [0.25, 0.3) is 0 Å². The topological polar surface area (TPSA) is 67.2 Å². The summed E-state index contributed by atoms with van der Waals surface area (Å²) in [6.45, 7) is 8.56. The Balaban J connectivity index is 2.33. The molecule has 1 aliphatic rings. The standard InChI is InChI=1S/C13H19BrN4O2/c1-5-18-9(11(14)8(2)16-18)7-17-10(19)6-15-13(3,4)12(17)20/h15H,5-7H2,1-4H3. The number of nitrogens with one attached hydrogen (secondary N) is 1. The van der Waals surface area contributed by atoms with Crippen molar-refractivity contribution in [3.63, 3.8) is 0 Å². The number of carbonyl (C=O) groups excluding carboxylic acids is 2. The zero-order valence-corrected chi connectivity index (χ0v) is 13.7. The number of halogens is 1. The molecule has 1 fully saturated rings. The molecule has 0 saturated carbocycles. The third kappa shape index (κ3) is 2.52. The van der Waals surface area contributed by atoms with Gasteiger partial charge in [-0.3, -0.25) is 24.5 Å². The van der Waals surface area contributed by atoms with Gasteiger partial charge in [0, 0.05) is 6.54 Å². The third-order valence-electron chi connectivity index (χ3n) is 3.52. The molecule has 1 aliphatic heterocycles. The van der Waals surface area contributed by atoms with Crippen LogP contribution in [-0.2, 0) is 22.7 Å². The molecule has 110 valence electrons. The number of carbonyl (C=O) groups is 2. The van der Waals surface area contributed by atoms with E-state index in [4.69, 9.17) is 0 Å². The zero-order chi connectivity index (χ0) is 15.1. The lowest BCUT2D eigenvalue weighted by Crippen LogP contribution is -2.63. The van der Waals surface area contributed by atoms with Crippen LogP contribution in [0.3, 0.4) is 0 Å². The lowest BCUT2D eigenvalue weighted by atomic mass is 10.0. The number of hydrogen-bond donors (Lipinski definition) is 1. The molecule has 0 aliphatic carbocycles. The highest BCUT2D eigenvalue weighted by atomic mass is 79.9. The second-order valence-electron chi connectivity index (χ2n) is 5.43. The van der Waals surface area contributed by atoms with Crippen molar-refractivity contribution in [3.8, 4) is 0 Å². The van der Waals surface area contributed by atoms with Gasteiger partial charge in [-0.15, -0.1) is 0 Å². The Bertz CT molecular complexity index is 565.